The Hall–Kier alpha value is -0.0800. The first-order valence-electron chi connectivity index (χ1n) is 5.23. The molecule has 1 fully saturated rings. The van der Waals surface area contributed by atoms with Crippen LogP contribution in [0.1, 0.15) is 33.1 Å². The molecule has 0 spiro atoms. The Morgan fingerprint density at radius 1 is 1.42 bits per heavy atom. The molecule has 1 aliphatic rings. The SMILES string of the molecule is CC(C)CNCC1CCCCN1. The Bertz CT molecular complexity index is 106. The molecule has 72 valence electrons. The van der Waals surface area contributed by atoms with Crippen molar-refractivity contribution in [3.05, 3.63) is 0 Å². The highest BCUT2D eigenvalue weighted by atomic mass is 15.0. The van der Waals surface area contributed by atoms with Crippen LogP contribution in [0.4, 0.5) is 0 Å². The number of hydrogen-bond acceptors (Lipinski definition) is 2. The van der Waals surface area contributed by atoms with Crippen LogP contribution in [0.5, 0.6) is 0 Å². The van der Waals surface area contributed by atoms with Crippen molar-refractivity contribution in [1.29, 1.82) is 0 Å². The molecule has 0 amide bonds. The van der Waals surface area contributed by atoms with Crippen molar-refractivity contribution in [3.63, 3.8) is 0 Å². The zero-order chi connectivity index (χ0) is 8.81. The third kappa shape index (κ3) is 4.07. The minimum absolute atomic E-state index is 0.734. The fourth-order valence-corrected chi connectivity index (χ4v) is 1.64. The second kappa shape index (κ2) is 5.55. The summed E-state index contributed by atoms with van der Waals surface area (Å²) >= 11 is 0. The lowest BCUT2D eigenvalue weighted by Gasteiger charge is -2.24. The molecule has 1 saturated heterocycles. The van der Waals surface area contributed by atoms with E-state index in [4.69, 9.17) is 0 Å². The smallest absolute Gasteiger partial charge is 0.0192 e. The van der Waals surface area contributed by atoms with E-state index in [1.54, 1.807) is 0 Å². The van der Waals surface area contributed by atoms with E-state index < -0.39 is 0 Å². The van der Waals surface area contributed by atoms with Gasteiger partial charge in [-0.25, -0.2) is 0 Å². The molecule has 0 bridgehead atoms. The van der Waals surface area contributed by atoms with E-state index >= 15 is 0 Å². The molecule has 0 radical (unpaired) electrons. The van der Waals surface area contributed by atoms with E-state index in [-0.39, 0.29) is 0 Å². The highest BCUT2D eigenvalue weighted by molar-refractivity contribution is 4.74. The van der Waals surface area contributed by atoms with Gasteiger partial charge in [0.25, 0.3) is 0 Å². The van der Waals surface area contributed by atoms with Crippen LogP contribution in [-0.4, -0.2) is 25.7 Å². The number of hydrogen-bond donors (Lipinski definition) is 2. The molecule has 1 atom stereocenters. The van der Waals surface area contributed by atoms with E-state index in [0.717, 1.165) is 25.0 Å². The molecule has 0 aromatic rings. The Morgan fingerprint density at radius 2 is 2.25 bits per heavy atom. The van der Waals surface area contributed by atoms with Gasteiger partial charge in [0.1, 0.15) is 0 Å². The third-order valence-electron chi connectivity index (χ3n) is 2.36. The van der Waals surface area contributed by atoms with Crippen LogP contribution < -0.4 is 10.6 Å². The zero-order valence-corrected chi connectivity index (χ0v) is 8.40. The average molecular weight is 170 g/mol. The van der Waals surface area contributed by atoms with Crippen LogP contribution in [0.3, 0.4) is 0 Å². The van der Waals surface area contributed by atoms with Crippen LogP contribution in [0.25, 0.3) is 0 Å². The maximum Gasteiger partial charge on any atom is 0.0192 e. The Morgan fingerprint density at radius 3 is 2.83 bits per heavy atom. The molecule has 1 unspecified atom stereocenters. The quantitative estimate of drug-likeness (QED) is 0.666. The topological polar surface area (TPSA) is 24.1 Å². The molecule has 2 nitrogen and oxygen atoms in total. The highest BCUT2D eigenvalue weighted by Gasteiger charge is 2.11. The van der Waals surface area contributed by atoms with Gasteiger partial charge >= 0.3 is 0 Å². The van der Waals surface area contributed by atoms with Crippen LogP contribution in [0.15, 0.2) is 0 Å². The van der Waals surface area contributed by atoms with Crippen molar-refractivity contribution >= 4 is 0 Å². The molecule has 12 heavy (non-hydrogen) atoms. The maximum atomic E-state index is 3.53. The fraction of sp³-hybridized carbons (Fsp3) is 1.00. The lowest BCUT2D eigenvalue weighted by Crippen LogP contribution is -2.42. The van der Waals surface area contributed by atoms with Gasteiger partial charge in [-0.05, 0) is 31.8 Å². The Kier molecular flexibility index (Phi) is 4.62. The first-order valence-corrected chi connectivity index (χ1v) is 5.23. The minimum atomic E-state index is 0.734. The zero-order valence-electron chi connectivity index (χ0n) is 8.40. The van der Waals surface area contributed by atoms with Crippen molar-refractivity contribution in [1.82, 2.24) is 10.6 Å². The lowest BCUT2D eigenvalue weighted by molar-refractivity contribution is 0.376. The lowest BCUT2D eigenvalue weighted by atomic mass is 10.1. The largest absolute Gasteiger partial charge is 0.315 e. The molecule has 1 heterocycles. The van der Waals surface area contributed by atoms with Crippen molar-refractivity contribution < 1.29 is 0 Å². The summed E-state index contributed by atoms with van der Waals surface area (Å²) in [6, 6.07) is 0.734. The van der Waals surface area contributed by atoms with E-state index in [0.29, 0.717) is 0 Å². The summed E-state index contributed by atoms with van der Waals surface area (Å²) in [6.07, 6.45) is 4.12. The van der Waals surface area contributed by atoms with Gasteiger partial charge in [0, 0.05) is 12.6 Å². The number of rotatable bonds is 4. The molecule has 0 aliphatic carbocycles. The molecule has 0 saturated carbocycles. The molecule has 1 aliphatic heterocycles. The average Bonchev–Trinajstić information content (AvgIpc) is 2.05. The third-order valence-corrected chi connectivity index (χ3v) is 2.36. The summed E-state index contributed by atoms with van der Waals surface area (Å²) in [7, 11) is 0. The monoisotopic (exact) mass is 170 g/mol. The van der Waals surface area contributed by atoms with Gasteiger partial charge in [-0.2, -0.15) is 0 Å². The van der Waals surface area contributed by atoms with Crippen LogP contribution in [0, 0.1) is 5.92 Å². The van der Waals surface area contributed by atoms with Gasteiger partial charge in [-0.1, -0.05) is 20.3 Å². The van der Waals surface area contributed by atoms with Crippen molar-refractivity contribution in [3.8, 4) is 0 Å². The van der Waals surface area contributed by atoms with E-state index in [9.17, 15) is 0 Å². The second-order valence-electron chi connectivity index (χ2n) is 4.20. The summed E-state index contributed by atoms with van der Waals surface area (Å²) in [5.41, 5.74) is 0. The van der Waals surface area contributed by atoms with Gasteiger partial charge < -0.3 is 10.6 Å². The number of piperidine rings is 1. The summed E-state index contributed by atoms with van der Waals surface area (Å²) in [6.45, 7) is 8.02. The van der Waals surface area contributed by atoms with E-state index in [1.165, 1.54) is 25.8 Å². The Labute approximate surface area is 76.1 Å². The molecular weight excluding hydrogens is 148 g/mol. The maximum absolute atomic E-state index is 3.53. The van der Waals surface area contributed by atoms with Gasteiger partial charge in [-0.15, -0.1) is 0 Å². The van der Waals surface area contributed by atoms with Gasteiger partial charge in [0.2, 0.25) is 0 Å². The molecular formula is C10H22N2. The molecule has 0 aromatic heterocycles. The number of nitrogens with one attached hydrogen (secondary N) is 2. The predicted molar refractivity (Wildman–Crippen MR) is 53.3 cm³/mol. The molecule has 2 heteroatoms. The van der Waals surface area contributed by atoms with Crippen molar-refractivity contribution in [2.45, 2.75) is 39.2 Å². The van der Waals surface area contributed by atoms with Crippen LogP contribution >= 0.6 is 0 Å². The Balaban J connectivity index is 1.98. The van der Waals surface area contributed by atoms with Gasteiger partial charge in [-0.3, -0.25) is 0 Å². The molecule has 0 aromatic carbocycles. The summed E-state index contributed by atoms with van der Waals surface area (Å²) in [4.78, 5) is 0. The summed E-state index contributed by atoms with van der Waals surface area (Å²) in [5, 5.41) is 7.02. The van der Waals surface area contributed by atoms with E-state index in [2.05, 4.69) is 24.5 Å². The normalized spacial score (nSPS) is 24.8. The molecule has 1 rings (SSSR count). The molecule has 2 N–H and O–H groups in total. The van der Waals surface area contributed by atoms with Crippen LogP contribution in [-0.2, 0) is 0 Å². The van der Waals surface area contributed by atoms with Gasteiger partial charge in [0.05, 0.1) is 0 Å². The van der Waals surface area contributed by atoms with Crippen LogP contribution in [0.2, 0.25) is 0 Å². The van der Waals surface area contributed by atoms with Crippen molar-refractivity contribution in [2.24, 2.45) is 5.92 Å². The summed E-state index contributed by atoms with van der Waals surface area (Å²) < 4.78 is 0. The van der Waals surface area contributed by atoms with E-state index in [1.807, 2.05) is 0 Å². The second-order valence-corrected chi connectivity index (χ2v) is 4.20. The summed E-state index contributed by atoms with van der Waals surface area (Å²) in [5.74, 6) is 0.772. The predicted octanol–water partition coefficient (Wildman–Crippen LogP) is 1.37. The van der Waals surface area contributed by atoms with Gasteiger partial charge in [0.15, 0.2) is 0 Å². The standard InChI is InChI=1S/C10H22N2/c1-9(2)7-11-8-10-5-3-4-6-12-10/h9-12H,3-8H2,1-2H3. The van der Waals surface area contributed by atoms with Crippen molar-refractivity contribution in [2.75, 3.05) is 19.6 Å². The fourth-order valence-electron chi connectivity index (χ4n) is 1.64. The highest BCUT2D eigenvalue weighted by Crippen LogP contribution is 2.05. The minimum Gasteiger partial charge on any atom is -0.315 e. The first-order chi connectivity index (χ1) is 5.79. The first kappa shape index (κ1) is 10.0.